The number of H-pyrrole nitrogens is 1. The average molecular weight is 237 g/mol. The van der Waals surface area contributed by atoms with Crippen molar-refractivity contribution in [2.45, 2.75) is 13.8 Å². The summed E-state index contributed by atoms with van der Waals surface area (Å²) in [6.07, 6.45) is 4.01. The first-order chi connectivity index (χ1) is 8.75. The number of aryl methyl sites for hydroxylation is 2. The highest BCUT2D eigenvalue weighted by Gasteiger charge is 2.13. The Balaban J connectivity index is 2.17. The first kappa shape index (κ1) is 10.8. The van der Waals surface area contributed by atoms with Crippen molar-refractivity contribution < 1.29 is 0 Å². The van der Waals surface area contributed by atoms with Crippen LogP contribution in [0.25, 0.3) is 16.9 Å². The monoisotopic (exact) mass is 237 g/mol. The van der Waals surface area contributed by atoms with E-state index in [4.69, 9.17) is 0 Å². The second kappa shape index (κ2) is 4.18. The Labute approximate surface area is 106 Å². The summed E-state index contributed by atoms with van der Waals surface area (Å²) in [7, 11) is 0. The molecule has 1 N–H and O–H groups in total. The van der Waals surface area contributed by atoms with Gasteiger partial charge in [-0.05, 0) is 31.5 Å². The van der Waals surface area contributed by atoms with Gasteiger partial charge in [-0.2, -0.15) is 5.10 Å². The number of aromatic nitrogens is 3. The lowest BCUT2D eigenvalue weighted by molar-refractivity contribution is 0.956. The van der Waals surface area contributed by atoms with Crippen LogP contribution in [0.1, 0.15) is 11.3 Å². The van der Waals surface area contributed by atoms with E-state index >= 15 is 0 Å². The SMILES string of the molecule is Cc1ccc(-c2c(-n3cccc3)n[nH]c2C)cc1. The molecule has 0 aliphatic carbocycles. The standard InChI is InChI=1S/C15H15N3/c1-11-5-7-13(8-6-11)14-12(2)16-17-15(14)18-9-3-4-10-18/h3-10H,1-2H3,(H,16,17). The smallest absolute Gasteiger partial charge is 0.166 e. The number of nitrogens with zero attached hydrogens (tertiary/aromatic N) is 2. The molecule has 0 unspecified atom stereocenters. The molecule has 1 aromatic carbocycles. The van der Waals surface area contributed by atoms with Crippen molar-refractivity contribution in [3.05, 3.63) is 60.0 Å². The number of rotatable bonds is 2. The molecular formula is C15H15N3. The van der Waals surface area contributed by atoms with Crippen LogP contribution < -0.4 is 0 Å². The van der Waals surface area contributed by atoms with E-state index in [2.05, 4.69) is 48.3 Å². The third-order valence-electron chi connectivity index (χ3n) is 3.12. The summed E-state index contributed by atoms with van der Waals surface area (Å²) >= 11 is 0. The molecular weight excluding hydrogens is 222 g/mol. The van der Waals surface area contributed by atoms with Crippen LogP contribution in [-0.2, 0) is 0 Å². The first-order valence-corrected chi connectivity index (χ1v) is 6.01. The molecule has 3 nitrogen and oxygen atoms in total. The number of aromatic amines is 1. The van der Waals surface area contributed by atoms with Crippen molar-refractivity contribution >= 4 is 0 Å². The zero-order chi connectivity index (χ0) is 12.5. The van der Waals surface area contributed by atoms with Gasteiger partial charge >= 0.3 is 0 Å². The topological polar surface area (TPSA) is 33.6 Å². The van der Waals surface area contributed by atoms with Gasteiger partial charge in [0.25, 0.3) is 0 Å². The fourth-order valence-corrected chi connectivity index (χ4v) is 2.14. The first-order valence-electron chi connectivity index (χ1n) is 6.01. The zero-order valence-corrected chi connectivity index (χ0v) is 10.5. The van der Waals surface area contributed by atoms with Gasteiger partial charge in [0.1, 0.15) is 0 Å². The second-order valence-corrected chi connectivity index (χ2v) is 4.50. The molecule has 90 valence electrons. The van der Waals surface area contributed by atoms with E-state index in [1.165, 1.54) is 11.1 Å². The highest BCUT2D eigenvalue weighted by atomic mass is 15.2. The van der Waals surface area contributed by atoms with Gasteiger partial charge < -0.3 is 4.57 Å². The fourth-order valence-electron chi connectivity index (χ4n) is 2.14. The number of nitrogens with one attached hydrogen (secondary N) is 1. The van der Waals surface area contributed by atoms with Crippen molar-refractivity contribution in [2.75, 3.05) is 0 Å². The number of hydrogen-bond acceptors (Lipinski definition) is 1. The molecule has 0 spiro atoms. The summed E-state index contributed by atoms with van der Waals surface area (Å²) < 4.78 is 2.03. The van der Waals surface area contributed by atoms with E-state index in [0.717, 1.165) is 17.1 Å². The lowest BCUT2D eigenvalue weighted by Gasteiger charge is -2.05. The molecule has 0 aliphatic heterocycles. The van der Waals surface area contributed by atoms with Gasteiger partial charge in [0.2, 0.25) is 0 Å². The minimum Gasteiger partial charge on any atom is -0.307 e. The van der Waals surface area contributed by atoms with Gasteiger partial charge in [-0.1, -0.05) is 29.8 Å². The van der Waals surface area contributed by atoms with Crippen LogP contribution in [0.3, 0.4) is 0 Å². The molecule has 0 saturated heterocycles. The Morgan fingerprint density at radius 1 is 1.00 bits per heavy atom. The van der Waals surface area contributed by atoms with Gasteiger partial charge in [0.15, 0.2) is 5.82 Å². The van der Waals surface area contributed by atoms with E-state index < -0.39 is 0 Å². The molecule has 0 radical (unpaired) electrons. The molecule has 0 saturated carbocycles. The van der Waals surface area contributed by atoms with Crippen LogP contribution in [0.4, 0.5) is 0 Å². The van der Waals surface area contributed by atoms with Crippen molar-refractivity contribution in [2.24, 2.45) is 0 Å². The van der Waals surface area contributed by atoms with E-state index in [1.807, 2.05) is 29.1 Å². The molecule has 2 aromatic heterocycles. The van der Waals surface area contributed by atoms with E-state index in [0.29, 0.717) is 0 Å². The summed E-state index contributed by atoms with van der Waals surface area (Å²) in [6.45, 7) is 4.15. The Morgan fingerprint density at radius 3 is 2.33 bits per heavy atom. The molecule has 0 fully saturated rings. The third-order valence-corrected chi connectivity index (χ3v) is 3.12. The highest BCUT2D eigenvalue weighted by Crippen LogP contribution is 2.28. The van der Waals surface area contributed by atoms with Crippen molar-refractivity contribution in [1.29, 1.82) is 0 Å². The van der Waals surface area contributed by atoms with Crippen LogP contribution >= 0.6 is 0 Å². The summed E-state index contributed by atoms with van der Waals surface area (Å²) in [5, 5.41) is 7.46. The van der Waals surface area contributed by atoms with E-state index in [-0.39, 0.29) is 0 Å². The predicted octanol–water partition coefficient (Wildman–Crippen LogP) is 3.48. The molecule has 18 heavy (non-hydrogen) atoms. The van der Waals surface area contributed by atoms with Crippen LogP contribution in [0.2, 0.25) is 0 Å². The minimum atomic E-state index is 0.946. The molecule has 0 amide bonds. The van der Waals surface area contributed by atoms with Gasteiger partial charge in [-0.15, -0.1) is 0 Å². The largest absolute Gasteiger partial charge is 0.307 e. The van der Waals surface area contributed by atoms with Gasteiger partial charge in [-0.25, -0.2) is 0 Å². The fraction of sp³-hybridized carbons (Fsp3) is 0.133. The lowest BCUT2D eigenvalue weighted by atomic mass is 10.0. The van der Waals surface area contributed by atoms with Crippen LogP contribution in [0.15, 0.2) is 48.8 Å². The Bertz CT molecular complexity index is 646. The minimum absolute atomic E-state index is 0.946. The van der Waals surface area contributed by atoms with Gasteiger partial charge in [0.05, 0.1) is 0 Å². The van der Waals surface area contributed by atoms with Crippen molar-refractivity contribution in [3.63, 3.8) is 0 Å². The summed E-state index contributed by atoms with van der Waals surface area (Å²) in [4.78, 5) is 0. The predicted molar refractivity (Wildman–Crippen MR) is 72.8 cm³/mol. The van der Waals surface area contributed by atoms with E-state index in [9.17, 15) is 0 Å². The average Bonchev–Trinajstić information content (AvgIpc) is 2.99. The molecule has 0 atom stereocenters. The Kier molecular flexibility index (Phi) is 2.52. The second-order valence-electron chi connectivity index (χ2n) is 4.50. The summed E-state index contributed by atoms with van der Waals surface area (Å²) in [5.74, 6) is 0.946. The molecule has 3 aromatic rings. The molecule has 3 heteroatoms. The maximum atomic E-state index is 4.39. The molecule has 2 heterocycles. The summed E-state index contributed by atoms with van der Waals surface area (Å²) in [5.41, 5.74) is 4.70. The quantitative estimate of drug-likeness (QED) is 0.727. The number of benzene rings is 1. The number of hydrogen-bond donors (Lipinski definition) is 1. The normalized spacial score (nSPS) is 10.8. The summed E-state index contributed by atoms with van der Waals surface area (Å²) in [6, 6.07) is 12.5. The van der Waals surface area contributed by atoms with Gasteiger partial charge in [0, 0.05) is 23.7 Å². The lowest BCUT2D eigenvalue weighted by Crippen LogP contribution is -1.93. The van der Waals surface area contributed by atoms with Crippen molar-refractivity contribution in [1.82, 2.24) is 14.8 Å². The Hall–Kier alpha value is -2.29. The maximum absolute atomic E-state index is 4.39. The maximum Gasteiger partial charge on any atom is 0.166 e. The third kappa shape index (κ3) is 1.74. The van der Waals surface area contributed by atoms with Crippen LogP contribution in [-0.4, -0.2) is 14.8 Å². The van der Waals surface area contributed by atoms with Crippen LogP contribution in [0.5, 0.6) is 0 Å². The zero-order valence-electron chi connectivity index (χ0n) is 10.5. The Morgan fingerprint density at radius 2 is 1.67 bits per heavy atom. The van der Waals surface area contributed by atoms with Crippen molar-refractivity contribution in [3.8, 4) is 16.9 Å². The van der Waals surface area contributed by atoms with Gasteiger partial charge in [-0.3, -0.25) is 5.10 Å². The molecule has 0 bridgehead atoms. The highest BCUT2D eigenvalue weighted by molar-refractivity contribution is 5.73. The molecule has 3 rings (SSSR count). The van der Waals surface area contributed by atoms with Crippen LogP contribution in [0, 0.1) is 13.8 Å². The molecule has 0 aliphatic rings. The van der Waals surface area contributed by atoms with E-state index in [1.54, 1.807) is 0 Å².